The van der Waals surface area contributed by atoms with Crippen molar-refractivity contribution in [2.24, 2.45) is 0 Å². The first kappa shape index (κ1) is 15.4. The van der Waals surface area contributed by atoms with Crippen molar-refractivity contribution in [3.05, 3.63) is 34.9 Å². The second-order valence-corrected chi connectivity index (χ2v) is 4.86. The highest BCUT2D eigenvalue weighted by molar-refractivity contribution is 6.30. The summed E-state index contributed by atoms with van der Waals surface area (Å²) in [5.74, 6) is 0. The van der Waals surface area contributed by atoms with E-state index in [4.69, 9.17) is 16.7 Å². The van der Waals surface area contributed by atoms with Gasteiger partial charge in [0.15, 0.2) is 0 Å². The first-order valence-electron chi connectivity index (χ1n) is 6.44. The Hall–Kier alpha value is -0.610. The molecular weight excluding hydrogens is 250 g/mol. The van der Waals surface area contributed by atoms with E-state index in [0.29, 0.717) is 18.0 Å². The van der Waals surface area contributed by atoms with Gasteiger partial charge in [0.05, 0.1) is 12.7 Å². The molecule has 0 aliphatic rings. The standard InChI is InChI=1S/C14H22ClNO2/c1-2-7-16(9-10-17)8-6-14(18)12-4-3-5-13(15)11-12/h3-5,11,14,17-18H,2,6-10H2,1H3. The molecule has 18 heavy (non-hydrogen) atoms. The molecule has 0 bridgehead atoms. The van der Waals surface area contributed by atoms with E-state index < -0.39 is 6.10 Å². The lowest BCUT2D eigenvalue weighted by Crippen LogP contribution is -2.29. The minimum atomic E-state index is -0.498. The zero-order chi connectivity index (χ0) is 13.4. The van der Waals surface area contributed by atoms with Crippen LogP contribution in [0, 0.1) is 0 Å². The summed E-state index contributed by atoms with van der Waals surface area (Å²) in [6.45, 7) is 4.66. The first-order chi connectivity index (χ1) is 8.67. The van der Waals surface area contributed by atoms with Crippen LogP contribution in [-0.4, -0.2) is 41.4 Å². The molecule has 0 aliphatic heterocycles. The van der Waals surface area contributed by atoms with Crippen molar-refractivity contribution >= 4 is 11.6 Å². The third kappa shape index (κ3) is 5.36. The van der Waals surface area contributed by atoms with Gasteiger partial charge >= 0.3 is 0 Å². The molecule has 1 rings (SSSR count). The molecule has 0 amide bonds. The molecule has 3 nitrogen and oxygen atoms in total. The van der Waals surface area contributed by atoms with E-state index >= 15 is 0 Å². The number of hydrogen-bond donors (Lipinski definition) is 2. The van der Waals surface area contributed by atoms with E-state index in [0.717, 1.165) is 25.1 Å². The maximum Gasteiger partial charge on any atom is 0.0802 e. The number of aliphatic hydroxyl groups excluding tert-OH is 2. The van der Waals surface area contributed by atoms with Crippen molar-refractivity contribution in [3.63, 3.8) is 0 Å². The summed E-state index contributed by atoms with van der Waals surface area (Å²) in [5.41, 5.74) is 0.850. The number of aliphatic hydroxyl groups is 2. The Bertz CT molecular complexity index is 340. The summed E-state index contributed by atoms with van der Waals surface area (Å²) in [7, 11) is 0. The number of nitrogens with zero attached hydrogens (tertiary/aromatic N) is 1. The van der Waals surface area contributed by atoms with Crippen molar-refractivity contribution in [1.82, 2.24) is 4.90 Å². The Labute approximate surface area is 114 Å². The molecule has 1 aromatic rings. The van der Waals surface area contributed by atoms with Gasteiger partial charge in [-0.25, -0.2) is 0 Å². The van der Waals surface area contributed by atoms with Crippen LogP contribution in [0.3, 0.4) is 0 Å². The Morgan fingerprint density at radius 2 is 2.06 bits per heavy atom. The summed E-state index contributed by atoms with van der Waals surface area (Å²) in [5, 5.41) is 19.7. The zero-order valence-corrected chi connectivity index (χ0v) is 11.6. The van der Waals surface area contributed by atoms with Gasteiger partial charge in [-0.15, -0.1) is 0 Å². The van der Waals surface area contributed by atoms with Gasteiger partial charge in [-0.2, -0.15) is 0 Å². The minimum Gasteiger partial charge on any atom is -0.395 e. The second-order valence-electron chi connectivity index (χ2n) is 4.42. The van der Waals surface area contributed by atoms with Crippen LogP contribution in [0.4, 0.5) is 0 Å². The molecule has 0 aromatic heterocycles. The van der Waals surface area contributed by atoms with Gasteiger partial charge < -0.3 is 15.1 Å². The molecule has 0 aliphatic carbocycles. The lowest BCUT2D eigenvalue weighted by Gasteiger charge is -2.22. The number of hydrogen-bond acceptors (Lipinski definition) is 3. The van der Waals surface area contributed by atoms with Crippen molar-refractivity contribution in [2.75, 3.05) is 26.2 Å². The van der Waals surface area contributed by atoms with Crippen LogP contribution in [-0.2, 0) is 0 Å². The maximum atomic E-state index is 10.1. The molecule has 4 heteroatoms. The monoisotopic (exact) mass is 271 g/mol. The fourth-order valence-electron chi connectivity index (χ4n) is 1.98. The molecule has 0 spiro atoms. The number of rotatable bonds is 8. The predicted molar refractivity (Wildman–Crippen MR) is 74.8 cm³/mol. The largest absolute Gasteiger partial charge is 0.395 e. The molecule has 1 aromatic carbocycles. The molecule has 0 fully saturated rings. The molecule has 1 unspecified atom stereocenters. The van der Waals surface area contributed by atoms with Crippen LogP contribution in [0.25, 0.3) is 0 Å². The third-order valence-corrected chi connectivity index (χ3v) is 3.14. The highest BCUT2D eigenvalue weighted by atomic mass is 35.5. The molecule has 2 N–H and O–H groups in total. The highest BCUT2D eigenvalue weighted by Gasteiger charge is 2.10. The van der Waals surface area contributed by atoms with Gasteiger partial charge in [0.2, 0.25) is 0 Å². The van der Waals surface area contributed by atoms with Crippen LogP contribution in [0.5, 0.6) is 0 Å². The van der Waals surface area contributed by atoms with E-state index in [2.05, 4.69) is 11.8 Å². The fraction of sp³-hybridized carbons (Fsp3) is 0.571. The Kier molecular flexibility index (Phi) is 7.28. The van der Waals surface area contributed by atoms with Gasteiger partial charge in [0.25, 0.3) is 0 Å². The van der Waals surface area contributed by atoms with Crippen LogP contribution in [0.2, 0.25) is 5.02 Å². The third-order valence-electron chi connectivity index (χ3n) is 2.91. The summed E-state index contributed by atoms with van der Waals surface area (Å²) in [4.78, 5) is 2.16. The Balaban J connectivity index is 2.46. The van der Waals surface area contributed by atoms with Crippen molar-refractivity contribution < 1.29 is 10.2 Å². The lowest BCUT2D eigenvalue weighted by molar-refractivity contribution is 0.131. The first-order valence-corrected chi connectivity index (χ1v) is 6.82. The maximum absolute atomic E-state index is 10.1. The SMILES string of the molecule is CCCN(CCO)CCC(O)c1cccc(Cl)c1. The van der Waals surface area contributed by atoms with Crippen molar-refractivity contribution in [3.8, 4) is 0 Å². The Morgan fingerprint density at radius 3 is 2.67 bits per heavy atom. The predicted octanol–water partition coefficient (Wildman–Crippen LogP) is 2.47. The van der Waals surface area contributed by atoms with Crippen LogP contribution >= 0.6 is 11.6 Å². The van der Waals surface area contributed by atoms with Crippen LogP contribution in [0.15, 0.2) is 24.3 Å². The van der Waals surface area contributed by atoms with Gasteiger partial charge in [0.1, 0.15) is 0 Å². The molecule has 1 atom stereocenters. The van der Waals surface area contributed by atoms with E-state index in [1.54, 1.807) is 12.1 Å². The summed E-state index contributed by atoms with van der Waals surface area (Å²) >= 11 is 5.90. The molecule has 0 saturated carbocycles. The van der Waals surface area contributed by atoms with Crippen molar-refractivity contribution in [1.29, 1.82) is 0 Å². The molecule has 102 valence electrons. The smallest absolute Gasteiger partial charge is 0.0802 e. The minimum absolute atomic E-state index is 0.160. The fourth-order valence-corrected chi connectivity index (χ4v) is 2.18. The number of benzene rings is 1. The van der Waals surface area contributed by atoms with Gasteiger partial charge in [0, 0.05) is 18.1 Å². The van der Waals surface area contributed by atoms with Crippen LogP contribution in [0.1, 0.15) is 31.4 Å². The molecule has 0 heterocycles. The molecular formula is C14H22ClNO2. The van der Waals surface area contributed by atoms with E-state index in [9.17, 15) is 5.11 Å². The normalized spacial score (nSPS) is 12.9. The lowest BCUT2D eigenvalue weighted by atomic mass is 10.1. The quantitative estimate of drug-likeness (QED) is 0.763. The van der Waals surface area contributed by atoms with Gasteiger partial charge in [-0.05, 0) is 37.1 Å². The van der Waals surface area contributed by atoms with Gasteiger partial charge in [-0.1, -0.05) is 30.7 Å². The van der Waals surface area contributed by atoms with Crippen LogP contribution < -0.4 is 0 Å². The average molecular weight is 272 g/mol. The summed E-state index contributed by atoms with van der Waals surface area (Å²) in [6.07, 6.45) is 1.20. The highest BCUT2D eigenvalue weighted by Crippen LogP contribution is 2.20. The second kappa shape index (κ2) is 8.48. The van der Waals surface area contributed by atoms with E-state index in [-0.39, 0.29) is 6.61 Å². The average Bonchev–Trinajstić information content (AvgIpc) is 2.36. The molecule has 0 saturated heterocycles. The molecule has 0 radical (unpaired) electrons. The zero-order valence-electron chi connectivity index (χ0n) is 10.8. The summed E-state index contributed by atoms with van der Waals surface area (Å²) in [6, 6.07) is 7.32. The summed E-state index contributed by atoms with van der Waals surface area (Å²) < 4.78 is 0. The van der Waals surface area contributed by atoms with E-state index in [1.165, 1.54) is 0 Å². The topological polar surface area (TPSA) is 43.7 Å². The van der Waals surface area contributed by atoms with E-state index in [1.807, 2.05) is 12.1 Å². The van der Waals surface area contributed by atoms with Gasteiger partial charge in [-0.3, -0.25) is 0 Å². The Morgan fingerprint density at radius 1 is 1.28 bits per heavy atom. The number of halogens is 1. The van der Waals surface area contributed by atoms with Crippen molar-refractivity contribution in [2.45, 2.75) is 25.9 Å².